The molecule has 0 fully saturated rings. The van der Waals surface area contributed by atoms with Gasteiger partial charge in [0, 0.05) is 0 Å². The van der Waals surface area contributed by atoms with E-state index in [9.17, 15) is 4.79 Å². The lowest BCUT2D eigenvalue weighted by molar-refractivity contribution is 0.0692. The summed E-state index contributed by atoms with van der Waals surface area (Å²) in [4.78, 5) is 10.9. The largest absolute Gasteiger partial charge is 0.493 e. The predicted octanol–water partition coefficient (Wildman–Crippen LogP) is 4.37. The van der Waals surface area contributed by atoms with E-state index in [-0.39, 0.29) is 5.56 Å². The van der Waals surface area contributed by atoms with E-state index in [4.69, 9.17) is 9.84 Å². The Kier molecular flexibility index (Phi) is 9.74. The van der Waals surface area contributed by atoms with E-state index in [0.717, 1.165) is 12.8 Å². The predicted molar refractivity (Wildman–Crippen MR) is 74.4 cm³/mol. The second-order valence-corrected chi connectivity index (χ2v) is 3.71. The average Bonchev–Trinajstić information content (AvgIpc) is 2.41. The average molecular weight is 252 g/mol. The second kappa shape index (κ2) is 10.6. The maximum absolute atomic E-state index is 10.9. The van der Waals surface area contributed by atoms with Crippen LogP contribution in [0.3, 0.4) is 0 Å². The molecule has 3 nitrogen and oxygen atoms in total. The third-order valence-electron chi connectivity index (χ3n) is 2.37. The van der Waals surface area contributed by atoms with Gasteiger partial charge in [0.25, 0.3) is 0 Å². The summed E-state index contributed by atoms with van der Waals surface area (Å²) in [6.07, 6.45) is 4.49. The Morgan fingerprint density at radius 1 is 1.17 bits per heavy atom. The Morgan fingerprint density at radius 2 is 1.83 bits per heavy atom. The van der Waals surface area contributed by atoms with E-state index in [1.54, 1.807) is 24.3 Å². The molecule has 102 valence electrons. The van der Waals surface area contributed by atoms with Gasteiger partial charge in [0.1, 0.15) is 11.3 Å². The van der Waals surface area contributed by atoms with Crippen LogP contribution in [0.4, 0.5) is 0 Å². The summed E-state index contributed by atoms with van der Waals surface area (Å²) < 4.78 is 5.46. The van der Waals surface area contributed by atoms with Crippen molar-refractivity contribution in [2.45, 2.75) is 46.5 Å². The van der Waals surface area contributed by atoms with Crippen molar-refractivity contribution >= 4 is 5.97 Å². The number of ether oxygens (including phenoxy) is 1. The molecule has 0 radical (unpaired) electrons. The molecule has 0 saturated carbocycles. The lowest BCUT2D eigenvalue weighted by atomic mass is 10.2. The number of aromatic carboxylic acids is 1. The van der Waals surface area contributed by atoms with Crippen LogP contribution in [-0.4, -0.2) is 17.7 Å². The highest BCUT2D eigenvalue weighted by Gasteiger charge is 2.09. The first-order valence-corrected chi connectivity index (χ1v) is 6.70. The Balaban J connectivity index is 0.00000137. The molecule has 0 bridgehead atoms. The Hall–Kier alpha value is -1.51. The Labute approximate surface area is 110 Å². The third-order valence-corrected chi connectivity index (χ3v) is 2.37. The molecule has 0 spiro atoms. The van der Waals surface area contributed by atoms with Crippen molar-refractivity contribution in [1.29, 1.82) is 0 Å². The van der Waals surface area contributed by atoms with Gasteiger partial charge in [-0.2, -0.15) is 0 Å². The summed E-state index contributed by atoms with van der Waals surface area (Å²) in [6.45, 7) is 6.74. The summed E-state index contributed by atoms with van der Waals surface area (Å²) >= 11 is 0. The topological polar surface area (TPSA) is 46.5 Å². The van der Waals surface area contributed by atoms with E-state index < -0.39 is 5.97 Å². The molecule has 1 rings (SSSR count). The summed E-state index contributed by atoms with van der Waals surface area (Å²) in [6, 6.07) is 6.74. The molecule has 0 aliphatic heterocycles. The minimum Gasteiger partial charge on any atom is -0.493 e. The number of rotatable bonds is 7. The van der Waals surface area contributed by atoms with Crippen molar-refractivity contribution in [2.24, 2.45) is 0 Å². The van der Waals surface area contributed by atoms with Crippen molar-refractivity contribution in [3.63, 3.8) is 0 Å². The lowest BCUT2D eigenvalue weighted by Crippen LogP contribution is -2.04. The van der Waals surface area contributed by atoms with Gasteiger partial charge >= 0.3 is 5.97 Å². The Bertz CT molecular complexity index is 334. The zero-order valence-electron chi connectivity index (χ0n) is 11.6. The van der Waals surface area contributed by atoms with Crippen molar-refractivity contribution in [3.8, 4) is 5.75 Å². The molecule has 0 unspecified atom stereocenters. The highest BCUT2D eigenvalue weighted by atomic mass is 16.5. The van der Waals surface area contributed by atoms with Crippen molar-refractivity contribution in [3.05, 3.63) is 29.8 Å². The smallest absolute Gasteiger partial charge is 0.339 e. The molecule has 3 heteroatoms. The molecule has 0 aromatic heterocycles. The lowest BCUT2D eigenvalue weighted by Gasteiger charge is -2.08. The summed E-state index contributed by atoms with van der Waals surface area (Å²) in [7, 11) is 0. The zero-order valence-corrected chi connectivity index (χ0v) is 11.6. The fourth-order valence-electron chi connectivity index (χ4n) is 1.48. The number of carboxylic acid groups (broad SMARTS) is 1. The molecule has 1 aromatic carbocycles. The van der Waals surface area contributed by atoms with Crippen LogP contribution in [0.1, 0.15) is 56.8 Å². The minimum absolute atomic E-state index is 0.234. The van der Waals surface area contributed by atoms with Gasteiger partial charge in [-0.3, -0.25) is 0 Å². The van der Waals surface area contributed by atoms with E-state index in [1.807, 2.05) is 13.8 Å². The minimum atomic E-state index is -0.941. The molecule has 0 heterocycles. The van der Waals surface area contributed by atoms with Gasteiger partial charge in [-0.25, -0.2) is 4.79 Å². The molecule has 0 amide bonds. The van der Waals surface area contributed by atoms with Gasteiger partial charge < -0.3 is 9.84 Å². The van der Waals surface area contributed by atoms with Crippen molar-refractivity contribution in [1.82, 2.24) is 0 Å². The molecule has 0 aliphatic carbocycles. The number of carbonyl (C=O) groups is 1. The van der Waals surface area contributed by atoms with Gasteiger partial charge in [0.2, 0.25) is 0 Å². The zero-order chi connectivity index (χ0) is 13.8. The Morgan fingerprint density at radius 3 is 2.44 bits per heavy atom. The molecular weight excluding hydrogens is 228 g/mol. The second-order valence-electron chi connectivity index (χ2n) is 3.71. The number of unbranched alkanes of at least 4 members (excludes halogenated alkanes) is 3. The van der Waals surface area contributed by atoms with Crippen LogP contribution in [0.25, 0.3) is 0 Å². The van der Waals surface area contributed by atoms with Gasteiger partial charge in [-0.15, -0.1) is 0 Å². The van der Waals surface area contributed by atoms with E-state index in [0.29, 0.717) is 12.4 Å². The summed E-state index contributed by atoms with van der Waals surface area (Å²) in [5, 5.41) is 8.93. The van der Waals surface area contributed by atoms with Gasteiger partial charge in [0.05, 0.1) is 6.61 Å². The third kappa shape index (κ3) is 6.28. The van der Waals surface area contributed by atoms with E-state index >= 15 is 0 Å². The molecule has 0 atom stereocenters. The van der Waals surface area contributed by atoms with Crippen LogP contribution in [0.15, 0.2) is 24.3 Å². The molecule has 1 N–H and O–H groups in total. The molecule has 0 saturated heterocycles. The quantitative estimate of drug-likeness (QED) is 0.733. The van der Waals surface area contributed by atoms with Crippen LogP contribution >= 0.6 is 0 Å². The van der Waals surface area contributed by atoms with Crippen LogP contribution < -0.4 is 4.74 Å². The molecule has 1 aromatic rings. The number of hydrogen-bond acceptors (Lipinski definition) is 2. The van der Waals surface area contributed by atoms with Gasteiger partial charge in [-0.05, 0) is 18.6 Å². The molecule has 18 heavy (non-hydrogen) atoms. The first-order valence-electron chi connectivity index (χ1n) is 6.70. The highest BCUT2D eigenvalue weighted by Crippen LogP contribution is 2.18. The highest BCUT2D eigenvalue weighted by molar-refractivity contribution is 5.90. The van der Waals surface area contributed by atoms with Crippen LogP contribution in [0, 0.1) is 0 Å². The first kappa shape index (κ1) is 16.5. The SMILES string of the molecule is CC.CCCCCCOc1ccccc1C(=O)O. The fourth-order valence-corrected chi connectivity index (χ4v) is 1.48. The fraction of sp³-hybridized carbons (Fsp3) is 0.533. The number of hydrogen-bond donors (Lipinski definition) is 1. The van der Waals surface area contributed by atoms with Crippen molar-refractivity contribution in [2.75, 3.05) is 6.61 Å². The first-order chi connectivity index (χ1) is 8.75. The standard InChI is InChI=1S/C13H18O3.C2H6/c1-2-3-4-7-10-16-12-9-6-5-8-11(12)13(14)15;1-2/h5-6,8-9H,2-4,7,10H2,1H3,(H,14,15);1-2H3. The van der Waals surface area contributed by atoms with Crippen LogP contribution in [0.5, 0.6) is 5.75 Å². The maximum atomic E-state index is 10.9. The summed E-state index contributed by atoms with van der Waals surface area (Å²) in [5.41, 5.74) is 0.234. The number of carboxylic acids is 1. The van der Waals surface area contributed by atoms with Gasteiger partial charge in [-0.1, -0.05) is 52.2 Å². The number of para-hydroxylation sites is 1. The normalized spacial score (nSPS) is 9.28. The summed E-state index contributed by atoms with van der Waals surface area (Å²) in [5.74, 6) is -0.476. The maximum Gasteiger partial charge on any atom is 0.339 e. The molecule has 0 aliphatic rings. The van der Waals surface area contributed by atoms with E-state index in [2.05, 4.69) is 6.92 Å². The van der Waals surface area contributed by atoms with E-state index in [1.165, 1.54) is 12.8 Å². The van der Waals surface area contributed by atoms with Crippen LogP contribution in [0.2, 0.25) is 0 Å². The number of benzene rings is 1. The van der Waals surface area contributed by atoms with Gasteiger partial charge in [0.15, 0.2) is 0 Å². The monoisotopic (exact) mass is 252 g/mol. The van der Waals surface area contributed by atoms with Crippen LogP contribution in [-0.2, 0) is 0 Å². The molecular formula is C15H24O3. The van der Waals surface area contributed by atoms with Crippen molar-refractivity contribution < 1.29 is 14.6 Å².